The number of fused-ring (bicyclic) bond motifs is 1. The number of carbonyl (C=O) groups excluding carboxylic acids is 2. The lowest BCUT2D eigenvalue weighted by Crippen LogP contribution is -2.68. The van der Waals surface area contributed by atoms with Crippen LogP contribution in [0.4, 0.5) is 4.79 Å². The number of sulfone groups is 1. The van der Waals surface area contributed by atoms with Gasteiger partial charge in [0.05, 0.1) is 17.3 Å². The number of hydrogen-bond acceptors (Lipinski definition) is 4. The zero-order chi connectivity index (χ0) is 22.9. The Morgan fingerprint density at radius 1 is 1.00 bits per heavy atom. The minimum absolute atomic E-state index is 0.0137. The molecule has 0 bridgehead atoms. The smallest absolute Gasteiger partial charge is 0.317 e. The van der Waals surface area contributed by atoms with Gasteiger partial charge < -0.3 is 15.1 Å². The largest absolute Gasteiger partial charge is 0.338 e. The van der Waals surface area contributed by atoms with Gasteiger partial charge in [0.2, 0.25) is 5.91 Å². The first-order valence-electron chi connectivity index (χ1n) is 12.0. The third kappa shape index (κ3) is 5.55. The Morgan fingerprint density at radius 3 is 2.16 bits per heavy atom. The number of nitrogens with one attached hydrogen (secondary N) is 1. The van der Waals surface area contributed by atoms with Crippen molar-refractivity contribution < 1.29 is 18.0 Å². The Hall–Kier alpha value is -1.31. The summed E-state index contributed by atoms with van der Waals surface area (Å²) in [5.74, 6) is 1.49. The van der Waals surface area contributed by atoms with E-state index in [1.165, 1.54) is 6.26 Å². The average Bonchev–Trinajstić information content (AvgIpc) is 2.70. The molecule has 178 valence electrons. The van der Waals surface area contributed by atoms with Crippen molar-refractivity contribution in [2.75, 3.05) is 19.3 Å². The Labute approximate surface area is 188 Å². The van der Waals surface area contributed by atoms with Crippen LogP contribution in [0.3, 0.4) is 0 Å². The first-order valence-corrected chi connectivity index (χ1v) is 14.0. The van der Waals surface area contributed by atoms with Crippen molar-refractivity contribution in [1.82, 2.24) is 15.1 Å². The highest BCUT2D eigenvalue weighted by Gasteiger charge is 2.47. The molecular formula is C23H41N3O4S. The summed E-state index contributed by atoms with van der Waals surface area (Å²) < 4.78 is 23.9. The summed E-state index contributed by atoms with van der Waals surface area (Å²) in [6.07, 6.45) is 7.64. The molecule has 3 fully saturated rings. The van der Waals surface area contributed by atoms with Crippen LogP contribution >= 0.6 is 0 Å². The maximum Gasteiger partial charge on any atom is 0.317 e. The number of urea groups is 1. The lowest BCUT2D eigenvalue weighted by molar-refractivity contribution is -0.141. The van der Waals surface area contributed by atoms with Gasteiger partial charge in [0.1, 0.15) is 9.84 Å². The predicted molar refractivity (Wildman–Crippen MR) is 122 cm³/mol. The van der Waals surface area contributed by atoms with E-state index in [9.17, 15) is 18.0 Å². The van der Waals surface area contributed by atoms with Crippen molar-refractivity contribution in [3.8, 4) is 0 Å². The fourth-order valence-electron chi connectivity index (χ4n) is 6.24. The third-order valence-electron chi connectivity index (χ3n) is 7.79. The van der Waals surface area contributed by atoms with E-state index in [0.717, 1.165) is 44.9 Å². The van der Waals surface area contributed by atoms with Crippen molar-refractivity contribution in [1.29, 1.82) is 0 Å². The Morgan fingerprint density at radius 2 is 1.61 bits per heavy atom. The minimum atomic E-state index is -2.96. The van der Waals surface area contributed by atoms with E-state index >= 15 is 0 Å². The van der Waals surface area contributed by atoms with Crippen LogP contribution in [0.5, 0.6) is 0 Å². The normalized spacial score (nSPS) is 34.4. The molecule has 3 unspecified atom stereocenters. The van der Waals surface area contributed by atoms with Gasteiger partial charge in [0.15, 0.2) is 0 Å². The van der Waals surface area contributed by atoms with Crippen LogP contribution in [0.15, 0.2) is 0 Å². The molecule has 3 rings (SSSR count). The molecule has 8 heteroatoms. The molecule has 0 aromatic carbocycles. The van der Waals surface area contributed by atoms with E-state index in [2.05, 4.69) is 19.2 Å². The van der Waals surface area contributed by atoms with E-state index in [1.807, 2.05) is 16.7 Å². The van der Waals surface area contributed by atoms with Crippen molar-refractivity contribution in [3.63, 3.8) is 0 Å². The van der Waals surface area contributed by atoms with Gasteiger partial charge >= 0.3 is 6.03 Å². The summed E-state index contributed by atoms with van der Waals surface area (Å²) in [6, 6.07) is 0.124. The highest BCUT2D eigenvalue weighted by Crippen LogP contribution is 2.43. The molecule has 2 saturated carbocycles. The molecule has 31 heavy (non-hydrogen) atoms. The van der Waals surface area contributed by atoms with Gasteiger partial charge in [-0.2, -0.15) is 0 Å². The van der Waals surface area contributed by atoms with Crippen LogP contribution < -0.4 is 5.32 Å². The summed E-state index contributed by atoms with van der Waals surface area (Å²) in [4.78, 5) is 29.5. The minimum Gasteiger partial charge on any atom is -0.338 e. The van der Waals surface area contributed by atoms with Gasteiger partial charge in [-0.1, -0.05) is 13.8 Å². The second-order valence-electron chi connectivity index (χ2n) is 10.6. The standard InChI is InChI=1S/C23H41N3O4S/c1-15(2)13-24-23(28)25-14-16(3)26(17(4)27)21-11-8-19(12-22(21)25)18-6-9-20(10-7-18)31(5,29)30/h15-16,18-22H,6-14H2,1-5H3,(H,24,28)/t16-,18?,19?,20?,21?,22?/m0/s1. The van der Waals surface area contributed by atoms with Crippen LogP contribution in [0.1, 0.15) is 72.6 Å². The van der Waals surface area contributed by atoms with E-state index in [-0.39, 0.29) is 35.3 Å². The highest BCUT2D eigenvalue weighted by atomic mass is 32.2. The highest BCUT2D eigenvalue weighted by molar-refractivity contribution is 7.91. The number of piperazine rings is 1. The van der Waals surface area contributed by atoms with Crippen LogP contribution in [0.2, 0.25) is 0 Å². The quantitative estimate of drug-likeness (QED) is 0.706. The number of amides is 3. The molecule has 1 saturated heterocycles. The van der Waals surface area contributed by atoms with Gasteiger partial charge in [-0.3, -0.25) is 4.79 Å². The Balaban J connectivity index is 1.73. The first-order chi connectivity index (χ1) is 14.5. The zero-order valence-electron chi connectivity index (χ0n) is 19.8. The predicted octanol–water partition coefficient (Wildman–Crippen LogP) is 3.05. The number of carbonyl (C=O) groups is 2. The molecule has 1 N–H and O–H groups in total. The lowest BCUT2D eigenvalue weighted by atomic mass is 9.69. The SMILES string of the molecule is CC(=O)N1C2CCC(C3CCC(S(C)(=O)=O)CC3)CC2N(C(=O)NCC(C)C)C[C@@H]1C. The fourth-order valence-corrected chi connectivity index (χ4v) is 7.37. The van der Waals surface area contributed by atoms with Crippen molar-refractivity contribution >= 4 is 21.8 Å². The molecule has 3 aliphatic rings. The fraction of sp³-hybridized carbons (Fsp3) is 0.913. The molecule has 0 aromatic rings. The van der Waals surface area contributed by atoms with Gasteiger partial charge in [0.25, 0.3) is 0 Å². The van der Waals surface area contributed by atoms with Gasteiger partial charge in [-0.15, -0.1) is 0 Å². The molecule has 1 aliphatic heterocycles. The summed E-state index contributed by atoms with van der Waals surface area (Å²) >= 11 is 0. The lowest BCUT2D eigenvalue weighted by Gasteiger charge is -2.54. The van der Waals surface area contributed by atoms with Crippen molar-refractivity contribution in [2.24, 2.45) is 17.8 Å². The Bertz CT molecular complexity index is 761. The molecule has 1 heterocycles. The van der Waals surface area contributed by atoms with Crippen LogP contribution in [0, 0.1) is 17.8 Å². The molecule has 2 aliphatic carbocycles. The van der Waals surface area contributed by atoms with E-state index in [4.69, 9.17) is 0 Å². The molecular weight excluding hydrogens is 414 g/mol. The van der Waals surface area contributed by atoms with Crippen LogP contribution in [-0.2, 0) is 14.6 Å². The van der Waals surface area contributed by atoms with Gasteiger partial charge in [-0.25, -0.2) is 13.2 Å². The molecule has 0 radical (unpaired) electrons. The number of nitrogens with zero attached hydrogens (tertiary/aromatic N) is 2. The van der Waals surface area contributed by atoms with Crippen molar-refractivity contribution in [2.45, 2.75) is 96.0 Å². The molecule has 0 aromatic heterocycles. The van der Waals surface area contributed by atoms with Crippen molar-refractivity contribution in [3.05, 3.63) is 0 Å². The topological polar surface area (TPSA) is 86.8 Å². The molecule has 3 amide bonds. The third-order valence-corrected chi connectivity index (χ3v) is 9.47. The van der Waals surface area contributed by atoms with E-state index < -0.39 is 9.84 Å². The second-order valence-corrected chi connectivity index (χ2v) is 12.9. The Kier molecular flexibility index (Phi) is 7.59. The van der Waals surface area contributed by atoms with E-state index in [1.54, 1.807) is 6.92 Å². The summed E-state index contributed by atoms with van der Waals surface area (Å²) in [6.45, 7) is 9.07. The molecule has 4 atom stereocenters. The van der Waals surface area contributed by atoms with Crippen LogP contribution in [-0.4, -0.2) is 72.9 Å². The first kappa shape index (κ1) is 24.3. The second kappa shape index (κ2) is 9.67. The van der Waals surface area contributed by atoms with Gasteiger partial charge in [0, 0.05) is 32.3 Å². The molecule has 7 nitrogen and oxygen atoms in total. The summed E-state index contributed by atoms with van der Waals surface area (Å²) in [7, 11) is -2.96. The number of rotatable bonds is 4. The average molecular weight is 456 g/mol. The van der Waals surface area contributed by atoms with E-state index in [0.29, 0.717) is 30.8 Å². The van der Waals surface area contributed by atoms with Crippen LogP contribution in [0.25, 0.3) is 0 Å². The van der Waals surface area contributed by atoms with Gasteiger partial charge in [-0.05, 0) is 69.6 Å². The summed E-state index contributed by atoms with van der Waals surface area (Å²) in [5.41, 5.74) is 0. The summed E-state index contributed by atoms with van der Waals surface area (Å²) in [5, 5.41) is 2.89. The maximum atomic E-state index is 13.1. The zero-order valence-corrected chi connectivity index (χ0v) is 20.7. The maximum absolute atomic E-state index is 13.1. The molecule has 0 spiro atoms. The number of hydrogen-bond donors (Lipinski definition) is 1. The monoisotopic (exact) mass is 455 g/mol.